The van der Waals surface area contributed by atoms with Crippen LogP contribution in [0.5, 0.6) is 11.5 Å². The third-order valence-electron chi connectivity index (χ3n) is 9.00. The molecular weight excluding hydrogens is 660 g/mol. The van der Waals surface area contributed by atoms with E-state index < -0.39 is 41.7 Å². The van der Waals surface area contributed by atoms with Crippen LogP contribution in [0.2, 0.25) is 5.02 Å². The van der Waals surface area contributed by atoms with Crippen LogP contribution in [0.15, 0.2) is 36.4 Å². The van der Waals surface area contributed by atoms with E-state index in [1.54, 1.807) is 48.2 Å². The lowest BCUT2D eigenvalue weighted by atomic mass is 9.80. The van der Waals surface area contributed by atoms with E-state index in [1.807, 2.05) is 0 Å². The second kappa shape index (κ2) is 16.7. The molecule has 2 aromatic carbocycles. The van der Waals surface area contributed by atoms with E-state index in [0.29, 0.717) is 59.1 Å². The number of ether oxygens (including phenoxy) is 5. The number of piperidine rings is 1. The zero-order valence-electron chi connectivity index (χ0n) is 28.4. The van der Waals surface area contributed by atoms with E-state index >= 15 is 0 Å². The number of nitrogens with zero attached hydrogens (tertiary/aromatic N) is 2. The minimum Gasteiger partial charge on any atom is -0.783 e. The molecule has 0 aromatic heterocycles. The summed E-state index contributed by atoms with van der Waals surface area (Å²) in [4.78, 5) is 50.3. The van der Waals surface area contributed by atoms with E-state index in [1.165, 1.54) is 28.1 Å². The van der Waals surface area contributed by atoms with Crippen LogP contribution >= 0.6 is 11.6 Å². The molecule has 2 aromatic rings. The van der Waals surface area contributed by atoms with Gasteiger partial charge in [0.1, 0.15) is 12.3 Å². The molecule has 0 saturated carbocycles. The van der Waals surface area contributed by atoms with E-state index in [2.05, 4.69) is 0 Å². The number of carboxylic acid groups (broad SMARTS) is 1. The molecule has 0 spiro atoms. The fraction of sp³-hybridized carbons (Fsp3) is 0.543. The molecule has 14 heteroatoms. The van der Waals surface area contributed by atoms with Crippen LogP contribution in [0, 0.1) is 16.5 Å². The van der Waals surface area contributed by atoms with Crippen molar-refractivity contribution in [1.82, 2.24) is 9.96 Å². The highest BCUT2D eigenvalue weighted by atomic mass is 35.5. The number of carboxylic acids is 1. The van der Waals surface area contributed by atoms with Gasteiger partial charge in [0, 0.05) is 55.4 Å². The van der Waals surface area contributed by atoms with E-state index in [0.717, 1.165) is 5.06 Å². The number of halogens is 1. The number of methoxy groups -OCH3 is 2. The minimum atomic E-state index is -1.31. The molecule has 1 N–H and O–H groups in total. The Bertz CT molecular complexity index is 1490. The van der Waals surface area contributed by atoms with Gasteiger partial charge in [-0.2, -0.15) is 0 Å². The largest absolute Gasteiger partial charge is 0.783 e. The normalized spacial score (nSPS) is 20.1. The highest BCUT2D eigenvalue weighted by Gasteiger charge is 2.41. The van der Waals surface area contributed by atoms with Crippen LogP contribution in [0.4, 0.5) is 0 Å². The highest BCUT2D eigenvalue weighted by molar-refractivity contribution is 6.30. The van der Waals surface area contributed by atoms with Crippen LogP contribution in [0.3, 0.4) is 0 Å². The zero-order valence-corrected chi connectivity index (χ0v) is 29.2. The van der Waals surface area contributed by atoms with Crippen molar-refractivity contribution in [2.24, 2.45) is 11.3 Å². The zero-order chi connectivity index (χ0) is 35.9. The number of fused-ring (bicyclic) bond motifs is 1. The van der Waals surface area contributed by atoms with E-state index in [-0.39, 0.29) is 44.3 Å². The van der Waals surface area contributed by atoms with Gasteiger partial charge in [0.25, 0.3) is 0 Å². The van der Waals surface area contributed by atoms with Crippen LogP contribution in [0.1, 0.15) is 81.7 Å². The van der Waals surface area contributed by atoms with Crippen molar-refractivity contribution >= 4 is 35.4 Å². The summed E-state index contributed by atoms with van der Waals surface area (Å²) >= 11 is 6.55. The fourth-order valence-corrected chi connectivity index (χ4v) is 6.67. The number of hydrogen-bond acceptors (Lipinski definition) is 11. The van der Waals surface area contributed by atoms with Gasteiger partial charge in [0.05, 0.1) is 33.9 Å². The first-order valence-electron chi connectivity index (χ1n) is 16.1. The van der Waals surface area contributed by atoms with Crippen molar-refractivity contribution in [3.8, 4) is 11.5 Å². The molecule has 13 nitrogen and oxygen atoms in total. The molecule has 0 aliphatic carbocycles. The lowest BCUT2D eigenvalue weighted by molar-refractivity contribution is -0.154. The number of para-hydroxylation sites is 1. The number of hydroxylamine groups is 2. The highest BCUT2D eigenvalue weighted by Crippen LogP contribution is 2.48. The molecule has 49 heavy (non-hydrogen) atoms. The second-order valence-electron chi connectivity index (χ2n) is 12.9. The molecule has 2 heterocycles. The summed E-state index contributed by atoms with van der Waals surface area (Å²) < 4.78 is 28.7. The molecule has 1 saturated heterocycles. The molecule has 1 fully saturated rings. The smallest absolute Gasteiger partial charge is 0.303 e. The number of carbonyl (C=O) groups is 4. The van der Waals surface area contributed by atoms with Crippen LogP contribution in [0.25, 0.3) is 0 Å². The van der Waals surface area contributed by atoms with Gasteiger partial charge < -0.3 is 44.0 Å². The van der Waals surface area contributed by atoms with Gasteiger partial charge in [0.2, 0.25) is 5.91 Å². The Kier molecular flexibility index (Phi) is 12.9. The fourth-order valence-electron chi connectivity index (χ4n) is 6.49. The molecule has 2 aliphatic heterocycles. The number of amides is 1. The average molecular weight is 704 g/mol. The number of carbonyl (C=O) groups excluding carboxylic acids is 3. The summed E-state index contributed by atoms with van der Waals surface area (Å²) in [5.74, 6) is -1.50. The molecule has 1 amide bonds. The summed E-state index contributed by atoms with van der Waals surface area (Å²) in [7, 11) is 2.99. The first-order chi connectivity index (χ1) is 23.2. The maximum atomic E-state index is 14.6. The maximum Gasteiger partial charge on any atom is 0.303 e. The third kappa shape index (κ3) is 9.62. The van der Waals surface area contributed by atoms with Gasteiger partial charge in [-0.1, -0.05) is 36.7 Å². The first kappa shape index (κ1) is 37.9. The Hall–Kier alpha value is -3.91. The number of esters is 2. The molecule has 3 atom stereocenters. The molecular formula is C35H44ClN2O11-. The molecule has 4 rings (SSSR count). The Morgan fingerprint density at radius 1 is 0.959 bits per heavy atom. The lowest BCUT2D eigenvalue weighted by Gasteiger charge is -2.45. The number of benzene rings is 2. The summed E-state index contributed by atoms with van der Waals surface area (Å²) in [6.45, 7) is 4.70. The number of likely N-dealkylation sites (tertiary alicyclic amines) is 1. The van der Waals surface area contributed by atoms with Crippen molar-refractivity contribution in [3.63, 3.8) is 0 Å². The van der Waals surface area contributed by atoms with Crippen molar-refractivity contribution in [2.75, 3.05) is 40.5 Å². The molecule has 0 bridgehead atoms. The second-order valence-corrected chi connectivity index (χ2v) is 13.3. The molecule has 0 radical (unpaired) electrons. The Labute approximate surface area is 290 Å². The maximum absolute atomic E-state index is 14.6. The standard InChI is InChI=1S/C35H44ClN2O11/c1-21(39)47-19-35(3,20-48-22(2)40)18-28-25-10-9-24(36)16-27(25)33(26-7-6-8-29(45-4)34(26)46-5)49-31(38(28)44)17-30(41)37-13-11-23(12-14-37)15-32(42)43/h6-10,16,23,28,31,33H,11-15,17-20H2,1-5H3,(H,42,43)/q-1/t28?,31-,33-/m1/s1. The molecule has 268 valence electrons. The van der Waals surface area contributed by atoms with E-state index in [9.17, 15) is 29.5 Å². The van der Waals surface area contributed by atoms with Crippen molar-refractivity contribution < 1.29 is 48.0 Å². The van der Waals surface area contributed by atoms with Crippen LogP contribution in [-0.4, -0.2) is 85.6 Å². The monoisotopic (exact) mass is 703 g/mol. The number of rotatable bonds is 13. The first-order valence-corrected chi connectivity index (χ1v) is 16.5. The van der Waals surface area contributed by atoms with Gasteiger partial charge in [-0.3, -0.25) is 19.2 Å². The minimum absolute atomic E-state index is 0.0349. The van der Waals surface area contributed by atoms with Crippen LogP contribution in [-0.2, 0) is 33.4 Å². The molecule has 2 aliphatic rings. The van der Waals surface area contributed by atoms with Gasteiger partial charge in [-0.05, 0) is 54.5 Å². The average Bonchev–Trinajstić information content (AvgIpc) is 3.16. The van der Waals surface area contributed by atoms with Crippen molar-refractivity contribution in [1.29, 1.82) is 0 Å². The Balaban J connectivity index is 1.79. The number of hydrogen-bond donors (Lipinski definition) is 1. The lowest BCUT2D eigenvalue weighted by Crippen LogP contribution is -2.45. The molecule has 1 unspecified atom stereocenters. The summed E-state index contributed by atoms with van der Waals surface area (Å²) in [5, 5.41) is 25.0. The van der Waals surface area contributed by atoms with E-state index in [4.69, 9.17) is 35.3 Å². The summed E-state index contributed by atoms with van der Waals surface area (Å²) in [6.07, 6.45) is -1.41. The Morgan fingerprint density at radius 2 is 1.61 bits per heavy atom. The topological polar surface area (TPSA) is 164 Å². The quantitative estimate of drug-likeness (QED) is 0.269. The van der Waals surface area contributed by atoms with Crippen molar-refractivity contribution in [2.45, 2.75) is 71.2 Å². The Morgan fingerprint density at radius 3 is 2.18 bits per heavy atom. The summed E-state index contributed by atoms with van der Waals surface area (Å²) in [5.41, 5.74) is 0.622. The number of aliphatic carboxylic acids is 1. The SMILES string of the molecule is COc1cccc([C@H]2O[C@H](CC(=O)N3CCC(CC(=O)O)CC3)N([O-])C(CC(C)(COC(C)=O)COC(C)=O)c3ccc(Cl)cc32)c1OC. The van der Waals surface area contributed by atoms with Gasteiger partial charge in [-0.15, -0.1) is 0 Å². The van der Waals surface area contributed by atoms with Gasteiger partial charge >= 0.3 is 17.9 Å². The van der Waals surface area contributed by atoms with Gasteiger partial charge in [-0.25, -0.2) is 0 Å². The van der Waals surface area contributed by atoms with Crippen LogP contribution < -0.4 is 9.47 Å². The van der Waals surface area contributed by atoms with Crippen molar-refractivity contribution in [3.05, 3.63) is 63.3 Å². The third-order valence-corrected chi connectivity index (χ3v) is 9.24. The summed E-state index contributed by atoms with van der Waals surface area (Å²) in [6, 6.07) is 9.39. The predicted molar refractivity (Wildman–Crippen MR) is 178 cm³/mol. The van der Waals surface area contributed by atoms with Gasteiger partial charge in [0.15, 0.2) is 11.5 Å². The predicted octanol–water partition coefficient (Wildman–Crippen LogP) is 5.27.